The first-order valence-electron chi connectivity index (χ1n) is 4.37. The number of amides is 1. The highest BCUT2D eigenvalue weighted by molar-refractivity contribution is 9.10. The number of benzene rings is 1. The van der Waals surface area contributed by atoms with Crippen LogP contribution < -0.4 is 5.32 Å². The zero-order valence-electron chi connectivity index (χ0n) is 8.22. The lowest BCUT2D eigenvalue weighted by atomic mass is 10.2. The van der Waals surface area contributed by atoms with Crippen molar-refractivity contribution in [1.82, 2.24) is 5.32 Å². The molecular formula is C10H11BrClNO2. The Morgan fingerprint density at radius 3 is 2.93 bits per heavy atom. The minimum atomic E-state index is -0.151. The zero-order chi connectivity index (χ0) is 11.3. The Bertz CT molecular complexity index is 357. The quantitative estimate of drug-likeness (QED) is 0.866. The molecule has 3 nitrogen and oxygen atoms in total. The summed E-state index contributed by atoms with van der Waals surface area (Å²) in [6, 6.07) is 5.07. The number of rotatable bonds is 4. The fourth-order valence-corrected chi connectivity index (χ4v) is 1.43. The molecule has 0 aromatic heterocycles. The van der Waals surface area contributed by atoms with Gasteiger partial charge in [-0.25, -0.2) is 0 Å². The average Bonchev–Trinajstić information content (AvgIpc) is 2.22. The molecule has 0 spiro atoms. The molecule has 1 N–H and O–H groups in total. The monoisotopic (exact) mass is 291 g/mol. The summed E-state index contributed by atoms with van der Waals surface area (Å²) >= 11 is 9.13. The van der Waals surface area contributed by atoms with Crippen molar-refractivity contribution in [1.29, 1.82) is 0 Å². The molecule has 0 saturated heterocycles. The van der Waals surface area contributed by atoms with Crippen LogP contribution in [0.1, 0.15) is 10.4 Å². The van der Waals surface area contributed by atoms with Crippen LogP contribution in [0.4, 0.5) is 0 Å². The predicted octanol–water partition coefficient (Wildman–Crippen LogP) is 2.48. The standard InChI is InChI=1S/C10H11BrClNO2/c1-15-5-4-13-10(14)7-2-3-8(11)9(12)6-7/h2-3,6H,4-5H2,1H3,(H,13,14). The summed E-state index contributed by atoms with van der Waals surface area (Å²) in [5, 5.41) is 3.23. The Balaban J connectivity index is 2.62. The lowest BCUT2D eigenvalue weighted by Gasteiger charge is -2.05. The highest BCUT2D eigenvalue weighted by Gasteiger charge is 2.06. The number of halogens is 2. The van der Waals surface area contributed by atoms with Gasteiger partial charge in [0.05, 0.1) is 11.6 Å². The van der Waals surface area contributed by atoms with Crippen LogP contribution >= 0.6 is 27.5 Å². The third kappa shape index (κ3) is 3.81. The van der Waals surface area contributed by atoms with Crippen molar-refractivity contribution in [3.8, 4) is 0 Å². The maximum Gasteiger partial charge on any atom is 0.251 e. The van der Waals surface area contributed by atoms with Gasteiger partial charge in [-0.05, 0) is 34.1 Å². The van der Waals surface area contributed by atoms with Crippen LogP contribution in [0.5, 0.6) is 0 Å². The van der Waals surface area contributed by atoms with Crippen LogP contribution in [0.15, 0.2) is 22.7 Å². The highest BCUT2D eigenvalue weighted by atomic mass is 79.9. The Labute approximate surface area is 102 Å². The van der Waals surface area contributed by atoms with Crippen LogP contribution in [-0.2, 0) is 4.74 Å². The summed E-state index contributed by atoms with van der Waals surface area (Å²) < 4.78 is 5.60. The van der Waals surface area contributed by atoms with Gasteiger partial charge >= 0.3 is 0 Å². The smallest absolute Gasteiger partial charge is 0.251 e. The van der Waals surface area contributed by atoms with Gasteiger partial charge in [0.15, 0.2) is 0 Å². The number of hydrogen-bond acceptors (Lipinski definition) is 2. The molecule has 0 radical (unpaired) electrons. The Hall–Kier alpha value is -0.580. The maximum absolute atomic E-state index is 11.5. The SMILES string of the molecule is COCCNC(=O)c1ccc(Br)c(Cl)c1. The van der Waals surface area contributed by atoms with E-state index in [1.807, 2.05) is 0 Å². The predicted molar refractivity (Wildman–Crippen MR) is 63.4 cm³/mol. The summed E-state index contributed by atoms with van der Waals surface area (Å²) in [5.41, 5.74) is 0.541. The number of carbonyl (C=O) groups excluding carboxylic acids is 1. The molecule has 1 amide bonds. The fourth-order valence-electron chi connectivity index (χ4n) is 1.01. The van der Waals surface area contributed by atoms with Crippen molar-refractivity contribution in [2.45, 2.75) is 0 Å². The van der Waals surface area contributed by atoms with Gasteiger partial charge in [-0.3, -0.25) is 4.79 Å². The van der Waals surface area contributed by atoms with Crippen molar-refractivity contribution < 1.29 is 9.53 Å². The molecule has 0 atom stereocenters. The second-order valence-corrected chi connectivity index (χ2v) is 4.14. The van der Waals surface area contributed by atoms with E-state index in [0.717, 1.165) is 4.47 Å². The molecule has 1 aromatic rings. The first-order valence-corrected chi connectivity index (χ1v) is 5.54. The van der Waals surface area contributed by atoms with Gasteiger partial charge in [-0.15, -0.1) is 0 Å². The van der Waals surface area contributed by atoms with Crippen molar-refractivity contribution in [3.05, 3.63) is 33.3 Å². The first kappa shape index (κ1) is 12.5. The van der Waals surface area contributed by atoms with Crippen LogP contribution in [0.2, 0.25) is 5.02 Å². The Morgan fingerprint density at radius 2 is 2.33 bits per heavy atom. The van der Waals surface area contributed by atoms with Crippen LogP contribution in [-0.4, -0.2) is 26.2 Å². The molecule has 0 aliphatic heterocycles. The molecule has 0 bridgehead atoms. The molecule has 1 rings (SSSR count). The second kappa shape index (κ2) is 6.10. The van der Waals surface area contributed by atoms with E-state index in [4.69, 9.17) is 16.3 Å². The van der Waals surface area contributed by atoms with Gasteiger partial charge in [0.2, 0.25) is 0 Å². The van der Waals surface area contributed by atoms with Gasteiger partial charge in [0, 0.05) is 23.7 Å². The average molecular weight is 293 g/mol. The van der Waals surface area contributed by atoms with E-state index in [1.54, 1.807) is 25.3 Å². The van der Waals surface area contributed by atoms with Crippen LogP contribution in [0.3, 0.4) is 0 Å². The molecule has 0 fully saturated rings. The molecule has 0 heterocycles. The molecule has 0 aliphatic rings. The third-order valence-electron chi connectivity index (χ3n) is 1.77. The van der Waals surface area contributed by atoms with E-state index in [1.165, 1.54) is 0 Å². The lowest BCUT2D eigenvalue weighted by Crippen LogP contribution is -2.26. The van der Waals surface area contributed by atoms with Gasteiger partial charge < -0.3 is 10.1 Å². The van der Waals surface area contributed by atoms with Crippen LogP contribution in [0.25, 0.3) is 0 Å². The molecule has 82 valence electrons. The van der Waals surface area contributed by atoms with Gasteiger partial charge in [0.25, 0.3) is 5.91 Å². The number of methoxy groups -OCH3 is 1. The van der Waals surface area contributed by atoms with Gasteiger partial charge in [-0.1, -0.05) is 11.6 Å². The molecule has 0 unspecified atom stereocenters. The molecule has 5 heteroatoms. The van der Waals surface area contributed by atoms with E-state index >= 15 is 0 Å². The zero-order valence-corrected chi connectivity index (χ0v) is 10.6. The van der Waals surface area contributed by atoms with Gasteiger partial charge in [0.1, 0.15) is 0 Å². The van der Waals surface area contributed by atoms with E-state index in [2.05, 4.69) is 21.2 Å². The lowest BCUT2D eigenvalue weighted by molar-refractivity contribution is 0.0937. The molecule has 0 saturated carbocycles. The molecule has 15 heavy (non-hydrogen) atoms. The summed E-state index contributed by atoms with van der Waals surface area (Å²) in [4.78, 5) is 11.5. The molecule has 1 aromatic carbocycles. The van der Waals surface area contributed by atoms with Crippen molar-refractivity contribution in [3.63, 3.8) is 0 Å². The number of ether oxygens (including phenoxy) is 1. The summed E-state index contributed by atoms with van der Waals surface area (Å²) in [7, 11) is 1.59. The minimum absolute atomic E-state index is 0.151. The fraction of sp³-hybridized carbons (Fsp3) is 0.300. The highest BCUT2D eigenvalue weighted by Crippen LogP contribution is 2.22. The van der Waals surface area contributed by atoms with E-state index in [9.17, 15) is 4.79 Å². The topological polar surface area (TPSA) is 38.3 Å². The number of carbonyl (C=O) groups is 1. The number of nitrogens with one attached hydrogen (secondary N) is 1. The normalized spacial score (nSPS) is 10.1. The Morgan fingerprint density at radius 1 is 1.60 bits per heavy atom. The molecular weight excluding hydrogens is 281 g/mol. The third-order valence-corrected chi connectivity index (χ3v) is 3.01. The van der Waals surface area contributed by atoms with Crippen LogP contribution in [0, 0.1) is 0 Å². The summed E-state index contributed by atoms with van der Waals surface area (Å²) in [5.74, 6) is -0.151. The van der Waals surface area contributed by atoms with E-state index < -0.39 is 0 Å². The minimum Gasteiger partial charge on any atom is -0.383 e. The summed E-state index contributed by atoms with van der Waals surface area (Å²) in [6.45, 7) is 0.985. The molecule has 0 aliphatic carbocycles. The van der Waals surface area contributed by atoms with Crippen molar-refractivity contribution >= 4 is 33.4 Å². The Kier molecular flexibility index (Phi) is 5.08. The van der Waals surface area contributed by atoms with Crippen molar-refractivity contribution in [2.75, 3.05) is 20.3 Å². The summed E-state index contributed by atoms with van der Waals surface area (Å²) in [6.07, 6.45) is 0. The van der Waals surface area contributed by atoms with E-state index in [0.29, 0.717) is 23.7 Å². The first-order chi connectivity index (χ1) is 7.15. The number of hydrogen-bond donors (Lipinski definition) is 1. The second-order valence-electron chi connectivity index (χ2n) is 2.88. The maximum atomic E-state index is 11.5. The van der Waals surface area contributed by atoms with E-state index in [-0.39, 0.29) is 5.91 Å². The van der Waals surface area contributed by atoms with Crippen molar-refractivity contribution in [2.24, 2.45) is 0 Å². The van der Waals surface area contributed by atoms with Gasteiger partial charge in [-0.2, -0.15) is 0 Å². The largest absolute Gasteiger partial charge is 0.383 e.